The molecule has 3 nitrogen and oxygen atoms in total. The summed E-state index contributed by atoms with van der Waals surface area (Å²) in [5.74, 6) is 0. The maximum absolute atomic E-state index is 6.29. The van der Waals surface area contributed by atoms with E-state index in [2.05, 4.69) is 107 Å². The van der Waals surface area contributed by atoms with Gasteiger partial charge in [0.15, 0.2) is 0 Å². The van der Waals surface area contributed by atoms with Crippen LogP contribution in [0.1, 0.15) is 17.3 Å². The summed E-state index contributed by atoms with van der Waals surface area (Å²) >= 11 is 0. The van der Waals surface area contributed by atoms with Crippen LogP contribution >= 0.6 is 0 Å². The van der Waals surface area contributed by atoms with Crippen LogP contribution in [0.2, 0.25) is 0 Å². The van der Waals surface area contributed by atoms with E-state index in [0.29, 0.717) is 0 Å². The lowest BCUT2D eigenvalue weighted by atomic mass is 10.0. The van der Waals surface area contributed by atoms with Gasteiger partial charge in [0.05, 0.1) is 11.0 Å². The molecule has 0 radical (unpaired) electrons. The molecule has 3 heteroatoms. The van der Waals surface area contributed by atoms with Crippen molar-refractivity contribution in [2.45, 2.75) is 6.17 Å². The van der Waals surface area contributed by atoms with E-state index in [1.165, 1.54) is 32.9 Å². The molecule has 0 amide bonds. The average molecular weight is 452 g/mol. The van der Waals surface area contributed by atoms with Crippen LogP contribution in [0.4, 0.5) is 0 Å². The fourth-order valence-electron chi connectivity index (χ4n) is 4.71. The van der Waals surface area contributed by atoms with Crippen molar-refractivity contribution in [1.82, 2.24) is 4.57 Å². The molecular formula is C32H25N3. The number of fused-ring (bicyclic) bond motifs is 3. The number of hydrogen-bond acceptors (Lipinski definition) is 2. The third-order valence-corrected chi connectivity index (χ3v) is 6.43. The zero-order chi connectivity index (χ0) is 23.6. The van der Waals surface area contributed by atoms with Crippen molar-refractivity contribution < 1.29 is 0 Å². The van der Waals surface area contributed by atoms with E-state index in [9.17, 15) is 0 Å². The first-order valence-corrected chi connectivity index (χ1v) is 11.8. The van der Waals surface area contributed by atoms with Crippen molar-refractivity contribution in [3.05, 3.63) is 139 Å². The number of nitrogens with zero attached hydrogens (tertiary/aromatic N) is 2. The highest BCUT2D eigenvalue weighted by Gasteiger charge is 2.13. The molecule has 1 atom stereocenters. The fraction of sp³-hybridized carbons (Fsp3) is 0.0312. The Labute approximate surface area is 204 Å². The smallest absolute Gasteiger partial charge is 0.123 e. The molecule has 5 aromatic carbocycles. The van der Waals surface area contributed by atoms with Gasteiger partial charge in [0.1, 0.15) is 6.17 Å². The van der Waals surface area contributed by atoms with Crippen LogP contribution in [0.15, 0.2) is 132 Å². The topological polar surface area (TPSA) is 43.3 Å². The average Bonchev–Trinajstić information content (AvgIpc) is 3.26. The molecule has 0 aliphatic heterocycles. The van der Waals surface area contributed by atoms with E-state index >= 15 is 0 Å². The van der Waals surface area contributed by atoms with Crippen LogP contribution < -0.4 is 5.73 Å². The van der Waals surface area contributed by atoms with Gasteiger partial charge < -0.3 is 10.3 Å². The van der Waals surface area contributed by atoms with Crippen molar-refractivity contribution in [3.63, 3.8) is 0 Å². The number of nitrogens with two attached hydrogens (primary N) is 1. The summed E-state index contributed by atoms with van der Waals surface area (Å²) in [7, 11) is 0. The van der Waals surface area contributed by atoms with Crippen LogP contribution in [0, 0.1) is 0 Å². The maximum Gasteiger partial charge on any atom is 0.123 e. The summed E-state index contributed by atoms with van der Waals surface area (Å²) in [6, 6.07) is 44.2. The summed E-state index contributed by atoms with van der Waals surface area (Å²) in [6.45, 7) is 0. The molecule has 0 bridgehead atoms. The van der Waals surface area contributed by atoms with Gasteiger partial charge in [-0.2, -0.15) is 0 Å². The fourth-order valence-corrected chi connectivity index (χ4v) is 4.71. The first kappa shape index (κ1) is 21.1. The first-order valence-electron chi connectivity index (χ1n) is 11.8. The second-order valence-corrected chi connectivity index (χ2v) is 8.68. The normalized spacial score (nSPS) is 12.5. The minimum Gasteiger partial charge on any atom is -0.309 e. The van der Waals surface area contributed by atoms with Gasteiger partial charge >= 0.3 is 0 Å². The predicted octanol–water partition coefficient (Wildman–Crippen LogP) is 7.53. The Hall–Kier alpha value is -4.47. The Kier molecular flexibility index (Phi) is 5.45. The molecule has 1 unspecified atom stereocenters. The summed E-state index contributed by atoms with van der Waals surface area (Å²) in [4.78, 5) is 4.61. The zero-order valence-corrected chi connectivity index (χ0v) is 19.3. The number of benzene rings is 5. The summed E-state index contributed by atoms with van der Waals surface area (Å²) in [6.07, 6.45) is 1.48. The van der Waals surface area contributed by atoms with Crippen molar-refractivity contribution in [2.75, 3.05) is 0 Å². The van der Waals surface area contributed by atoms with Gasteiger partial charge in [-0.05, 0) is 46.5 Å². The molecule has 1 aromatic heterocycles. The Morgan fingerprint density at radius 3 is 2.14 bits per heavy atom. The van der Waals surface area contributed by atoms with E-state index < -0.39 is 0 Å². The SMILES string of the molecule is NC(N=Cc1cccc(-n2c3ccccc3c3ccc(-c4ccccc4)cc32)c1)c1ccccc1. The number of aliphatic imine (C=N–C) groups is 1. The van der Waals surface area contributed by atoms with Crippen LogP contribution in [0.5, 0.6) is 0 Å². The van der Waals surface area contributed by atoms with Crippen molar-refractivity contribution in [3.8, 4) is 16.8 Å². The highest BCUT2D eigenvalue weighted by Crippen LogP contribution is 2.34. The van der Waals surface area contributed by atoms with E-state index in [4.69, 9.17) is 5.73 Å². The van der Waals surface area contributed by atoms with Crippen molar-refractivity contribution in [1.29, 1.82) is 0 Å². The second-order valence-electron chi connectivity index (χ2n) is 8.68. The van der Waals surface area contributed by atoms with Crippen molar-refractivity contribution >= 4 is 28.0 Å². The van der Waals surface area contributed by atoms with Gasteiger partial charge in [0, 0.05) is 22.7 Å². The van der Waals surface area contributed by atoms with Crippen LogP contribution in [-0.2, 0) is 0 Å². The van der Waals surface area contributed by atoms with Gasteiger partial charge in [-0.3, -0.25) is 4.99 Å². The molecule has 0 fully saturated rings. The van der Waals surface area contributed by atoms with E-state index in [1.807, 2.05) is 36.5 Å². The summed E-state index contributed by atoms with van der Waals surface area (Å²) in [5, 5.41) is 2.48. The maximum atomic E-state index is 6.29. The Balaban J connectivity index is 1.47. The van der Waals surface area contributed by atoms with E-state index in [1.54, 1.807) is 0 Å². The van der Waals surface area contributed by atoms with Crippen molar-refractivity contribution in [2.24, 2.45) is 10.7 Å². The lowest BCUT2D eigenvalue weighted by Gasteiger charge is -2.10. The molecule has 168 valence electrons. The molecule has 0 spiro atoms. The number of hydrogen-bond donors (Lipinski definition) is 1. The van der Waals surface area contributed by atoms with Gasteiger partial charge in [0.2, 0.25) is 0 Å². The molecule has 2 N–H and O–H groups in total. The third-order valence-electron chi connectivity index (χ3n) is 6.43. The van der Waals surface area contributed by atoms with Crippen LogP contribution in [0.3, 0.4) is 0 Å². The highest BCUT2D eigenvalue weighted by atomic mass is 15.0. The first-order chi connectivity index (χ1) is 17.3. The van der Waals surface area contributed by atoms with Gasteiger partial charge in [-0.15, -0.1) is 0 Å². The Morgan fingerprint density at radius 2 is 1.31 bits per heavy atom. The standard InChI is InChI=1S/C32H25N3/c33-32(25-13-5-2-6-14-25)34-22-23-10-9-15-27(20-23)35-30-17-8-7-16-28(30)29-19-18-26(21-31(29)35)24-11-3-1-4-12-24/h1-22,32H,33H2. The van der Waals surface area contributed by atoms with Crippen LogP contribution in [0.25, 0.3) is 38.6 Å². The quantitative estimate of drug-likeness (QED) is 0.271. The third kappa shape index (κ3) is 4.03. The monoisotopic (exact) mass is 451 g/mol. The predicted molar refractivity (Wildman–Crippen MR) is 147 cm³/mol. The number of para-hydroxylation sites is 1. The lowest BCUT2D eigenvalue weighted by molar-refractivity contribution is 0.780. The molecular weight excluding hydrogens is 426 g/mol. The molecule has 6 aromatic rings. The largest absolute Gasteiger partial charge is 0.309 e. The minimum absolute atomic E-state index is 0.387. The van der Waals surface area contributed by atoms with Gasteiger partial charge in [-0.1, -0.05) is 103 Å². The molecule has 6 rings (SSSR count). The van der Waals surface area contributed by atoms with Gasteiger partial charge in [0.25, 0.3) is 0 Å². The van der Waals surface area contributed by atoms with Gasteiger partial charge in [-0.25, -0.2) is 0 Å². The molecule has 35 heavy (non-hydrogen) atoms. The molecule has 0 aliphatic carbocycles. The number of rotatable bonds is 5. The molecule has 0 saturated carbocycles. The molecule has 0 saturated heterocycles. The van der Waals surface area contributed by atoms with E-state index in [0.717, 1.165) is 16.8 Å². The van der Waals surface area contributed by atoms with Crippen LogP contribution in [-0.4, -0.2) is 10.8 Å². The Bertz CT molecular complexity index is 1650. The molecule has 1 heterocycles. The van der Waals surface area contributed by atoms with E-state index in [-0.39, 0.29) is 6.17 Å². The summed E-state index contributed by atoms with van der Waals surface area (Å²) < 4.78 is 2.34. The second kappa shape index (κ2) is 9.05. The summed E-state index contributed by atoms with van der Waals surface area (Å²) in [5.41, 5.74) is 14.2. The highest BCUT2D eigenvalue weighted by molar-refractivity contribution is 6.10. The minimum atomic E-state index is -0.387. The molecule has 0 aliphatic rings. The Morgan fingerprint density at radius 1 is 0.600 bits per heavy atom. The number of aromatic nitrogens is 1. The lowest BCUT2D eigenvalue weighted by Crippen LogP contribution is -2.07. The zero-order valence-electron chi connectivity index (χ0n) is 19.3.